The molecule has 0 radical (unpaired) electrons. The molecule has 0 saturated carbocycles. The highest BCUT2D eigenvalue weighted by Crippen LogP contribution is 2.30. The Morgan fingerprint density at radius 2 is 2.04 bits per heavy atom. The second-order valence-electron chi connectivity index (χ2n) is 6.68. The van der Waals surface area contributed by atoms with Gasteiger partial charge in [0, 0.05) is 45.8 Å². The number of sulfone groups is 1. The minimum absolute atomic E-state index is 0.0475. The van der Waals surface area contributed by atoms with Gasteiger partial charge in [0.25, 0.3) is 0 Å². The molecular weight excluding hydrogens is 368 g/mol. The monoisotopic (exact) mass is 396 g/mol. The Kier molecular flexibility index (Phi) is 7.79. The normalized spacial score (nSPS) is 13.9. The molecule has 1 heterocycles. The average molecular weight is 397 g/mol. The molecule has 1 aromatic rings. The van der Waals surface area contributed by atoms with Gasteiger partial charge in [-0.2, -0.15) is 0 Å². The lowest BCUT2D eigenvalue weighted by molar-refractivity contribution is -0.120. The predicted octanol–water partition coefficient (Wildman–Crippen LogP) is 1.69. The highest BCUT2D eigenvalue weighted by molar-refractivity contribution is 7.91. The summed E-state index contributed by atoms with van der Waals surface area (Å²) in [5.41, 5.74) is 1.64. The first-order valence-corrected chi connectivity index (χ1v) is 10.9. The standard InChI is InChI=1S/C19H28N2O5S/c1-15(22)21-11-5-6-16-14-17(7-8-18(16)21)27(24,25)13-9-19(23)20-10-3-4-12-26-2/h7-8,14H,3-6,9-13H2,1-2H3,(H,20,23). The Labute approximate surface area is 161 Å². The fourth-order valence-electron chi connectivity index (χ4n) is 3.13. The van der Waals surface area contributed by atoms with Crippen LogP contribution in [0.25, 0.3) is 0 Å². The van der Waals surface area contributed by atoms with Gasteiger partial charge in [-0.05, 0) is 49.4 Å². The molecule has 1 aliphatic heterocycles. The third-order valence-corrected chi connectivity index (χ3v) is 6.32. The Balaban J connectivity index is 1.95. The minimum atomic E-state index is -3.55. The third-order valence-electron chi connectivity index (χ3n) is 4.60. The van der Waals surface area contributed by atoms with Crippen LogP contribution < -0.4 is 10.2 Å². The number of amides is 2. The van der Waals surface area contributed by atoms with Gasteiger partial charge in [0.2, 0.25) is 11.8 Å². The molecule has 8 heteroatoms. The number of hydrogen-bond acceptors (Lipinski definition) is 5. The minimum Gasteiger partial charge on any atom is -0.385 e. The maximum absolute atomic E-state index is 12.6. The fraction of sp³-hybridized carbons (Fsp3) is 0.579. The Bertz CT molecular complexity index is 776. The third kappa shape index (κ3) is 6.04. The van der Waals surface area contributed by atoms with Crippen LogP contribution in [-0.4, -0.2) is 52.8 Å². The molecule has 0 aliphatic carbocycles. The summed E-state index contributed by atoms with van der Waals surface area (Å²) < 4.78 is 30.1. The van der Waals surface area contributed by atoms with E-state index in [1.54, 1.807) is 24.1 Å². The van der Waals surface area contributed by atoms with Gasteiger partial charge in [-0.1, -0.05) is 0 Å². The van der Waals surface area contributed by atoms with Crippen molar-refractivity contribution < 1.29 is 22.7 Å². The summed E-state index contributed by atoms with van der Waals surface area (Å²) in [5, 5.41) is 2.73. The Hall–Kier alpha value is -1.93. The number of unbranched alkanes of at least 4 members (excludes halogenated alkanes) is 1. The molecule has 7 nitrogen and oxygen atoms in total. The van der Waals surface area contributed by atoms with E-state index in [2.05, 4.69) is 5.32 Å². The molecule has 0 unspecified atom stereocenters. The molecule has 1 aliphatic rings. The number of nitrogens with zero attached hydrogens (tertiary/aromatic N) is 1. The van der Waals surface area contributed by atoms with E-state index in [4.69, 9.17) is 4.74 Å². The molecular formula is C19H28N2O5S. The zero-order valence-corrected chi connectivity index (χ0v) is 16.8. The number of aryl methyl sites for hydroxylation is 1. The molecule has 0 atom stereocenters. The van der Waals surface area contributed by atoms with Crippen molar-refractivity contribution >= 4 is 27.3 Å². The van der Waals surface area contributed by atoms with Crippen molar-refractivity contribution in [1.82, 2.24) is 5.32 Å². The van der Waals surface area contributed by atoms with Gasteiger partial charge >= 0.3 is 0 Å². The van der Waals surface area contributed by atoms with Crippen LogP contribution in [0.3, 0.4) is 0 Å². The fourth-order valence-corrected chi connectivity index (χ4v) is 4.41. The first kappa shape index (κ1) is 21.4. The van der Waals surface area contributed by atoms with Crippen LogP contribution >= 0.6 is 0 Å². The molecule has 1 N–H and O–H groups in total. The summed E-state index contributed by atoms with van der Waals surface area (Å²) in [4.78, 5) is 25.5. The van der Waals surface area contributed by atoms with Crippen LogP contribution in [-0.2, 0) is 30.6 Å². The molecule has 150 valence electrons. The zero-order chi connectivity index (χ0) is 19.9. The lowest BCUT2D eigenvalue weighted by Crippen LogP contribution is -2.33. The number of methoxy groups -OCH3 is 1. The highest BCUT2D eigenvalue weighted by atomic mass is 32.2. The summed E-state index contributed by atoms with van der Waals surface area (Å²) in [6.07, 6.45) is 3.13. The van der Waals surface area contributed by atoms with E-state index < -0.39 is 9.84 Å². The molecule has 0 bridgehead atoms. The molecule has 0 spiro atoms. The van der Waals surface area contributed by atoms with Crippen LogP contribution in [0.4, 0.5) is 5.69 Å². The predicted molar refractivity (Wildman–Crippen MR) is 104 cm³/mol. The Morgan fingerprint density at radius 3 is 2.74 bits per heavy atom. The summed E-state index contributed by atoms with van der Waals surface area (Å²) in [6.45, 7) is 3.32. The topological polar surface area (TPSA) is 92.8 Å². The van der Waals surface area contributed by atoms with Gasteiger partial charge in [-0.3, -0.25) is 9.59 Å². The lowest BCUT2D eigenvalue weighted by Gasteiger charge is -2.28. The van der Waals surface area contributed by atoms with Gasteiger partial charge in [0.15, 0.2) is 9.84 Å². The van der Waals surface area contributed by atoms with E-state index >= 15 is 0 Å². The molecule has 2 rings (SSSR count). The number of benzene rings is 1. The van der Waals surface area contributed by atoms with Crippen LogP contribution in [0.5, 0.6) is 0 Å². The maximum Gasteiger partial charge on any atom is 0.223 e. The van der Waals surface area contributed by atoms with Crippen LogP contribution in [0.2, 0.25) is 0 Å². The van der Waals surface area contributed by atoms with Crippen LogP contribution in [0.1, 0.15) is 38.2 Å². The van der Waals surface area contributed by atoms with E-state index in [0.29, 0.717) is 19.7 Å². The second-order valence-corrected chi connectivity index (χ2v) is 8.79. The van der Waals surface area contributed by atoms with Crippen molar-refractivity contribution in [3.63, 3.8) is 0 Å². The van der Waals surface area contributed by atoms with E-state index in [0.717, 1.165) is 36.9 Å². The summed E-state index contributed by atoms with van der Waals surface area (Å²) in [7, 11) is -1.92. The van der Waals surface area contributed by atoms with Gasteiger partial charge in [-0.25, -0.2) is 8.42 Å². The largest absolute Gasteiger partial charge is 0.385 e. The molecule has 0 fully saturated rings. The van der Waals surface area contributed by atoms with E-state index in [1.165, 1.54) is 13.0 Å². The second kappa shape index (κ2) is 9.85. The molecule has 1 aromatic carbocycles. The van der Waals surface area contributed by atoms with Crippen molar-refractivity contribution in [2.24, 2.45) is 0 Å². The number of hydrogen-bond donors (Lipinski definition) is 1. The first-order chi connectivity index (χ1) is 12.8. The van der Waals surface area contributed by atoms with E-state index in [9.17, 15) is 18.0 Å². The summed E-state index contributed by atoms with van der Waals surface area (Å²) >= 11 is 0. The maximum atomic E-state index is 12.6. The van der Waals surface area contributed by atoms with E-state index in [1.807, 2.05) is 0 Å². The van der Waals surface area contributed by atoms with Crippen molar-refractivity contribution in [2.45, 2.75) is 43.9 Å². The number of nitrogens with one attached hydrogen (secondary N) is 1. The average Bonchev–Trinajstić information content (AvgIpc) is 2.65. The quantitative estimate of drug-likeness (QED) is 0.641. The first-order valence-electron chi connectivity index (χ1n) is 9.24. The number of carbonyl (C=O) groups is 2. The van der Waals surface area contributed by atoms with Crippen molar-refractivity contribution in [3.8, 4) is 0 Å². The zero-order valence-electron chi connectivity index (χ0n) is 16.0. The van der Waals surface area contributed by atoms with E-state index in [-0.39, 0.29) is 28.9 Å². The molecule has 2 amide bonds. The van der Waals surface area contributed by atoms with Gasteiger partial charge in [0.05, 0.1) is 10.6 Å². The number of carbonyl (C=O) groups excluding carboxylic acids is 2. The summed E-state index contributed by atoms with van der Waals surface area (Å²) in [5.74, 6) is -0.544. The number of rotatable bonds is 9. The Morgan fingerprint density at radius 1 is 1.26 bits per heavy atom. The van der Waals surface area contributed by atoms with Gasteiger partial charge in [0.1, 0.15) is 0 Å². The lowest BCUT2D eigenvalue weighted by atomic mass is 10.0. The van der Waals surface area contributed by atoms with Crippen molar-refractivity contribution in [1.29, 1.82) is 0 Å². The molecule has 0 aromatic heterocycles. The smallest absolute Gasteiger partial charge is 0.223 e. The van der Waals surface area contributed by atoms with Gasteiger partial charge < -0.3 is 15.0 Å². The summed E-state index contributed by atoms with van der Waals surface area (Å²) in [6, 6.07) is 4.86. The number of anilines is 1. The number of ether oxygens (including phenoxy) is 1. The molecule has 0 saturated heterocycles. The van der Waals surface area contributed by atoms with Crippen molar-refractivity contribution in [2.75, 3.05) is 37.5 Å². The highest BCUT2D eigenvalue weighted by Gasteiger charge is 2.23. The van der Waals surface area contributed by atoms with Crippen molar-refractivity contribution in [3.05, 3.63) is 23.8 Å². The van der Waals surface area contributed by atoms with Crippen LogP contribution in [0.15, 0.2) is 23.1 Å². The SMILES string of the molecule is COCCCCNC(=O)CCS(=O)(=O)c1ccc2c(c1)CCCN2C(C)=O. The number of fused-ring (bicyclic) bond motifs is 1. The van der Waals surface area contributed by atoms with Crippen LogP contribution in [0, 0.1) is 0 Å². The van der Waals surface area contributed by atoms with Gasteiger partial charge in [-0.15, -0.1) is 0 Å². The molecule has 27 heavy (non-hydrogen) atoms.